The van der Waals surface area contributed by atoms with Crippen LogP contribution < -0.4 is 5.32 Å². The van der Waals surface area contributed by atoms with Gasteiger partial charge >= 0.3 is 11.9 Å². The first kappa shape index (κ1) is 21.3. The van der Waals surface area contributed by atoms with Crippen molar-refractivity contribution in [2.45, 2.75) is 45.3 Å². The van der Waals surface area contributed by atoms with Crippen LogP contribution in [0.1, 0.15) is 39.2 Å². The van der Waals surface area contributed by atoms with Gasteiger partial charge in [-0.3, -0.25) is 4.79 Å². The second-order valence-corrected chi connectivity index (χ2v) is 8.82. The van der Waals surface area contributed by atoms with Gasteiger partial charge in [-0.05, 0) is 47.9 Å². The Kier molecular flexibility index (Phi) is 6.90. The lowest BCUT2D eigenvalue weighted by Gasteiger charge is -2.25. The number of amides is 4. The van der Waals surface area contributed by atoms with Gasteiger partial charge in [-0.15, -0.1) is 11.8 Å². The van der Waals surface area contributed by atoms with Crippen LogP contribution in [0.15, 0.2) is 35.7 Å². The maximum Gasteiger partial charge on any atom is 0.501 e. The van der Waals surface area contributed by atoms with Crippen molar-refractivity contribution in [2.24, 2.45) is 5.92 Å². The smallest absolute Gasteiger partial charge is 0.323 e. The molecule has 0 saturated carbocycles. The van der Waals surface area contributed by atoms with E-state index in [2.05, 4.69) is 12.2 Å². The van der Waals surface area contributed by atoms with Gasteiger partial charge in [0, 0.05) is 5.69 Å². The number of nitrogens with one attached hydrogen (secondary N) is 1. The summed E-state index contributed by atoms with van der Waals surface area (Å²) in [5.74, 6) is -0.325. The molecule has 0 radical (unpaired) electrons. The molecule has 2 aliphatic heterocycles. The summed E-state index contributed by atoms with van der Waals surface area (Å²) in [4.78, 5) is 39.5. The monoisotopic (exact) mass is 414 g/mol. The predicted octanol–water partition coefficient (Wildman–Crippen LogP) is 3.67. The van der Waals surface area contributed by atoms with Gasteiger partial charge in [0.15, 0.2) is 11.8 Å². The van der Waals surface area contributed by atoms with Crippen LogP contribution in [0, 0.1) is 5.92 Å². The van der Waals surface area contributed by atoms with Crippen LogP contribution >= 0.6 is 11.8 Å². The normalized spacial score (nSPS) is 18.6. The molecule has 3 rings (SSSR count). The summed E-state index contributed by atoms with van der Waals surface area (Å²) in [6, 6.07) is 7.38. The lowest BCUT2D eigenvalue weighted by molar-refractivity contribution is -0.426. The van der Waals surface area contributed by atoms with Crippen molar-refractivity contribution in [2.75, 3.05) is 18.4 Å². The SMILES string of the molecule is CCCCc1ccc(NC(=O)C[N+]2=C3C=CSC3C(=O)N(CC(C)C)C2=O)cc1. The van der Waals surface area contributed by atoms with E-state index in [9.17, 15) is 14.4 Å². The third-order valence-electron chi connectivity index (χ3n) is 4.89. The minimum atomic E-state index is -0.447. The van der Waals surface area contributed by atoms with Gasteiger partial charge in [-0.25, -0.2) is 4.79 Å². The minimum absolute atomic E-state index is 0.116. The third kappa shape index (κ3) is 4.96. The number of benzene rings is 1. The zero-order valence-corrected chi connectivity index (χ0v) is 18.0. The highest BCUT2D eigenvalue weighted by molar-refractivity contribution is 8.04. The van der Waals surface area contributed by atoms with E-state index in [1.165, 1.54) is 26.8 Å². The Bertz CT molecular complexity index is 859. The number of carbonyl (C=O) groups is 3. The number of hydrogen-bond acceptors (Lipinski definition) is 4. The number of urea groups is 1. The van der Waals surface area contributed by atoms with E-state index < -0.39 is 11.3 Å². The molecule has 29 heavy (non-hydrogen) atoms. The second-order valence-electron chi connectivity index (χ2n) is 7.80. The number of unbranched alkanes of at least 4 members (excludes halogenated alkanes) is 1. The molecule has 2 heterocycles. The lowest BCUT2D eigenvalue weighted by atomic mass is 10.1. The second kappa shape index (κ2) is 9.39. The number of nitrogens with zero attached hydrogens (tertiary/aromatic N) is 2. The molecule has 0 bridgehead atoms. The van der Waals surface area contributed by atoms with Gasteiger partial charge in [0.25, 0.3) is 5.91 Å². The summed E-state index contributed by atoms with van der Waals surface area (Å²) in [5, 5.41) is 4.22. The topological polar surface area (TPSA) is 69.5 Å². The third-order valence-corrected chi connectivity index (χ3v) is 5.90. The highest BCUT2D eigenvalue weighted by Crippen LogP contribution is 2.28. The van der Waals surface area contributed by atoms with E-state index >= 15 is 0 Å². The van der Waals surface area contributed by atoms with Crippen LogP contribution in [0.2, 0.25) is 0 Å². The number of thioether (sulfide) groups is 1. The molecule has 1 N–H and O–H groups in total. The highest BCUT2D eigenvalue weighted by atomic mass is 32.2. The minimum Gasteiger partial charge on any atom is -0.323 e. The number of allylic oxidation sites excluding steroid dienone is 1. The van der Waals surface area contributed by atoms with E-state index in [-0.39, 0.29) is 24.3 Å². The van der Waals surface area contributed by atoms with Crippen LogP contribution in [-0.4, -0.2) is 51.4 Å². The van der Waals surface area contributed by atoms with Crippen LogP contribution in [0.4, 0.5) is 10.5 Å². The van der Waals surface area contributed by atoms with Gasteiger partial charge in [0.2, 0.25) is 0 Å². The molecule has 1 aromatic carbocycles. The fraction of sp³-hybridized carbons (Fsp3) is 0.455. The maximum atomic E-state index is 12.9. The van der Waals surface area contributed by atoms with Crippen molar-refractivity contribution in [3.8, 4) is 0 Å². The fourth-order valence-electron chi connectivity index (χ4n) is 3.42. The number of aryl methyl sites for hydroxylation is 1. The van der Waals surface area contributed by atoms with Crippen LogP contribution in [0.5, 0.6) is 0 Å². The zero-order chi connectivity index (χ0) is 21.0. The van der Waals surface area contributed by atoms with E-state index in [0.717, 1.165) is 19.3 Å². The summed E-state index contributed by atoms with van der Waals surface area (Å²) in [6.45, 7) is 6.31. The first-order valence-corrected chi connectivity index (χ1v) is 11.1. The number of rotatable bonds is 8. The van der Waals surface area contributed by atoms with Gasteiger partial charge < -0.3 is 5.32 Å². The molecule has 7 heteroatoms. The molecule has 0 spiro atoms. The molecular formula is C22H28N3O3S+. The average molecular weight is 415 g/mol. The Labute approximate surface area is 176 Å². The number of anilines is 1. The summed E-state index contributed by atoms with van der Waals surface area (Å²) in [5.41, 5.74) is 2.54. The molecular weight excluding hydrogens is 386 g/mol. The number of carbonyl (C=O) groups excluding carboxylic acids is 3. The van der Waals surface area contributed by atoms with Gasteiger partial charge in [-0.2, -0.15) is 14.3 Å². The molecule has 0 saturated heterocycles. The summed E-state index contributed by atoms with van der Waals surface area (Å²) in [6.07, 6.45) is 5.06. The van der Waals surface area contributed by atoms with Crippen molar-refractivity contribution in [3.63, 3.8) is 0 Å². The van der Waals surface area contributed by atoms with E-state index in [4.69, 9.17) is 0 Å². The molecule has 1 aromatic rings. The lowest BCUT2D eigenvalue weighted by Crippen LogP contribution is -2.57. The average Bonchev–Trinajstić information content (AvgIpc) is 3.18. The maximum absolute atomic E-state index is 12.9. The Balaban J connectivity index is 1.72. The molecule has 154 valence electrons. The molecule has 0 aliphatic carbocycles. The Morgan fingerprint density at radius 2 is 1.97 bits per heavy atom. The van der Waals surface area contributed by atoms with Crippen LogP contribution in [-0.2, 0) is 16.0 Å². The van der Waals surface area contributed by atoms with E-state index in [1.54, 1.807) is 6.08 Å². The quantitative estimate of drug-likeness (QED) is 0.659. The predicted molar refractivity (Wildman–Crippen MR) is 116 cm³/mol. The zero-order valence-electron chi connectivity index (χ0n) is 17.2. The first-order valence-electron chi connectivity index (χ1n) is 10.1. The molecule has 4 amide bonds. The molecule has 1 unspecified atom stereocenters. The van der Waals surface area contributed by atoms with Crippen molar-refractivity contribution in [1.29, 1.82) is 0 Å². The molecule has 6 nitrogen and oxygen atoms in total. The summed E-state index contributed by atoms with van der Waals surface area (Å²) in [7, 11) is 0. The van der Waals surface area contributed by atoms with E-state index in [0.29, 0.717) is 17.9 Å². The number of imide groups is 1. The molecule has 1 atom stereocenters. The largest absolute Gasteiger partial charge is 0.501 e. The molecule has 0 fully saturated rings. The van der Waals surface area contributed by atoms with Crippen molar-refractivity contribution in [1.82, 2.24) is 4.90 Å². The Hall–Kier alpha value is -2.41. The van der Waals surface area contributed by atoms with Crippen LogP contribution in [0.25, 0.3) is 0 Å². The Morgan fingerprint density at radius 1 is 1.24 bits per heavy atom. The highest BCUT2D eigenvalue weighted by Gasteiger charge is 2.49. The molecule has 0 aromatic heterocycles. The van der Waals surface area contributed by atoms with Gasteiger partial charge in [-0.1, -0.05) is 39.3 Å². The van der Waals surface area contributed by atoms with Crippen molar-refractivity contribution in [3.05, 3.63) is 41.3 Å². The number of fused-ring (bicyclic) bond motifs is 1. The summed E-state index contributed by atoms with van der Waals surface area (Å²) < 4.78 is 1.43. The number of hydrogen-bond donors (Lipinski definition) is 1. The molecule has 2 aliphatic rings. The first-order chi connectivity index (χ1) is 13.9. The Morgan fingerprint density at radius 3 is 2.62 bits per heavy atom. The van der Waals surface area contributed by atoms with Gasteiger partial charge in [0.1, 0.15) is 5.71 Å². The van der Waals surface area contributed by atoms with Crippen molar-refractivity contribution >= 4 is 41.0 Å². The standard InChI is InChI=1S/C22H27N3O3S/c1-4-5-6-16-7-9-17(10-8-16)23-19(26)14-24-18-11-12-29-20(18)21(27)25(22(24)28)13-15(2)3/h7-12,15,20H,4-6,13-14H2,1-3H3/p+1. The summed E-state index contributed by atoms with van der Waals surface area (Å²) >= 11 is 1.38. The van der Waals surface area contributed by atoms with Crippen LogP contribution in [0.3, 0.4) is 0 Å². The fourth-order valence-corrected chi connectivity index (χ4v) is 4.39. The van der Waals surface area contributed by atoms with Crippen molar-refractivity contribution < 1.29 is 19.0 Å². The van der Waals surface area contributed by atoms with Gasteiger partial charge in [0.05, 0.1) is 6.54 Å². The van der Waals surface area contributed by atoms with E-state index in [1.807, 2.05) is 43.5 Å².